The highest BCUT2D eigenvalue weighted by atomic mass is 35.5. The highest BCUT2D eigenvalue weighted by Crippen LogP contribution is 2.40. The molecule has 110 valence electrons. The molecule has 6 heteroatoms. The molecule has 2 unspecified atom stereocenters. The van der Waals surface area contributed by atoms with Crippen LogP contribution in [0.15, 0.2) is 12.1 Å². The summed E-state index contributed by atoms with van der Waals surface area (Å²) in [5.41, 5.74) is 9.45. The van der Waals surface area contributed by atoms with E-state index < -0.39 is 9.84 Å². The first-order valence-electron chi connectivity index (χ1n) is 6.87. The van der Waals surface area contributed by atoms with Gasteiger partial charge in [-0.05, 0) is 36.1 Å². The van der Waals surface area contributed by atoms with Gasteiger partial charge in [-0.15, -0.1) is 0 Å². The lowest BCUT2D eigenvalue weighted by Gasteiger charge is -2.29. The zero-order chi connectivity index (χ0) is 14.5. The van der Waals surface area contributed by atoms with Crippen LogP contribution in [0.3, 0.4) is 0 Å². The molecular weight excluding hydrogens is 296 g/mol. The van der Waals surface area contributed by atoms with Gasteiger partial charge in [0.15, 0.2) is 9.84 Å². The molecule has 0 amide bonds. The average molecular weight is 315 g/mol. The third-order valence-corrected chi connectivity index (χ3v) is 6.73. The minimum atomic E-state index is -2.88. The van der Waals surface area contributed by atoms with Crippen molar-refractivity contribution in [1.82, 2.24) is 4.90 Å². The average Bonchev–Trinajstić information content (AvgIpc) is 2.94. The fourth-order valence-corrected chi connectivity index (χ4v) is 5.34. The van der Waals surface area contributed by atoms with Gasteiger partial charge in [0.05, 0.1) is 11.5 Å². The molecule has 0 spiro atoms. The molecule has 0 aliphatic carbocycles. The molecule has 3 rings (SSSR count). The quantitative estimate of drug-likeness (QED) is 0.901. The van der Waals surface area contributed by atoms with Crippen molar-refractivity contribution < 1.29 is 8.42 Å². The fourth-order valence-electron chi connectivity index (χ4n) is 3.43. The first-order chi connectivity index (χ1) is 9.43. The van der Waals surface area contributed by atoms with Crippen molar-refractivity contribution in [1.29, 1.82) is 0 Å². The van der Waals surface area contributed by atoms with E-state index in [4.69, 9.17) is 17.3 Å². The Hall–Kier alpha value is -0.620. The van der Waals surface area contributed by atoms with Crippen LogP contribution in [0.2, 0.25) is 5.02 Å². The molecule has 1 aromatic carbocycles. The second kappa shape index (κ2) is 4.98. The molecule has 2 atom stereocenters. The lowest BCUT2D eigenvalue weighted by molar-refractivity contribution is 0.164. The van der Waals surface area contributed by atoms with Crippen molar-refractivity contribution in [2.24, 2.45) is 5.73 Å². The van der Waals surface area contributed by atoms with Gasteiger partial charge >= 0.3 is 0 Å². The number of sulfone groups is 1. The zero-order valence-electron chi connectivity index (χ0n) is 11.5. The van der Waals surface area contributed by atoms with E-state index in [1.807, 2.05) is 19.1 Å². The summed E-state index contributed by atoms with van der Waals surface area (Å²) in [6.45, 7) is 3.28. The number of benzene rings is 1. The van der Waals surface area contributed by atoms with Crippen LogP contribution in [-0.4, -0.2) is 37.4 Å². The van der Waals surface area contributed by atoms with Crippen LogP contribution in [0, 0.1) is 6.92 Å². The Morgan fingerprint density at radius 3 is 2.80 bits per heavy atom. The van der Waals surface area contributed by atoms with Gasteiger partial charge in [-0.25, -0.2) is 8.42 Å². The number of nitrogens with zero attached hydrogens (tertiary/aromatic N) is 1. The monoisotopic (exact) mass is 314 g/mol. The predicted octanol–water partition coefficient (Wildman–Crippen LogP) is 1.65. The Bertz CT molecular complexity index is 645. The van der Waals surface area contributed by atoms with E-state index in [1.165, 1.54) is 11.1 Å². The topological polar surface area (TPSA) is 63.4 Å². The molecule has 0 saturated carbocycles. The summed E-state index contributed by atoms with van der Waals surface area (Å²) in [5, 5.41) is 0.764. The third kappa shape index (κ3) is 2.26. The summed E-state index contributed by atoms with van der Waals surface area (Å²) in [6.07, 6.45) is 0.708. The first-order valence-corrected chi connectivity index (χ1v) is 9.07. The van der Waals surface area contributed by atoms with Gasteiger partial charge in [0, 0.05) is 30.2 Å². The van der Waals surface area contributed by atoms with Crippen LogP contribution >= 0.6 is 11.6 Å². The van der Waals surface area contributed by atoms with E-state index in [0.29, 0.717) is 18.7 Å². The third-order valence-electron chi connectivity index (χ3n) is 4.57. The van der Waals surface area contributed by atoms with Gasteiger partial charge in [-0.1, -0.05) is 17.7 Å². The number of fused-ring (bicyclic) bond motifs is 1. The maximum atomic E-state index is 11.7. The van der Waals surface area contributed by atoms with Gasteiger partial charge in [-0.2, -0.15) is 0 Å². The molecule has 0 bridgehead atoms. The smallest absolute Gasteiger partial charge is 0.151 e. The normalized spacial score (nSPS) is 28.8. The Balaban J connectivity index is 1.95. The van der Waals surface area contributed by atoms with Crippen LogP contribution in [-0.2, 0) is 16.4 Å². The summed E-state index contributed by atoms with van der Waals surface area (Å²) < 4.78 is 23.4. The zero-order valence-corrected chi connectivity index (χ0v) is 13.0. The van der Waals surface area contributed by atoms with E-state index in [-0.39, 0.29) is 17.8 Å². The molecule has 0 aromatic heterocycles. The molecule has 1 aromatic rings. The fraction of sp³-hybridized carbons (Fsp3) is 0.571. The van der Waals surface area contributed by atoms with Crippen molar-refractivity contribution in [3.8, 4) is 0 Å². The molecule has 4 nitrogen and oxygen atoms in total. The van der Waals surface area contributed by atoms with Crippen LogP contribution in [0.5, 0.6) is 0 Å². The Morgan fingerprint density at radius 2 is 2.20 bits per heavy atom. The van der Waals surface area contributed by atoms with Crippen LogP contribution in [0.1, 0.15) is 29.2 Å². The van der Waals surface area contributed by atoms with E-state index in [2.05, 4.69) is 4.90 Å². The molecular formula is C14H19ClN2O2S. The van der Waals surface area contributed by atoms with Gasteiger partial charge < -0.3 is 5.73 Å². The summed E-state index contributed by atoms with van der Waals surface area (Å²) in [4.78, 5) is 2.25. The molecule has 0 radical (unpaired) electrons. The van der Waals surface area contributed by atoms with E-state index in [0.717, 1.165) is 17.1 Å². The predicted molar refractivity (Wildman–Crippen MR) is 80.6 cm³/mol. The number of hydrogen-bond acceptors (Lipinski definition) is 4. The molecule has 1 saturated heterocycles. The summed E-state index contributed by atoms with van der Waals surface area (Å²) in [6, 6.07) is 4.14. The van der Waals surface area contributed by atoms with Gasteiger partial charge in [-0.3, -0.25) is 4.90 Å². The molecule has 2 aliphatic heterocycles. The van der Waals surface area contributed by atoms with Crippen molar-refractivity contribution >= 4 is 21.4 Å². The Labute approximate surface area is 124 Å². The molecule has 2 aliphatic rings. The van der Waals surface area contributed by atoms with Crippen LogP contribution in [0.25, 0.3) is 0 Å². The summed E-state index contributed by atoms with van der Waals surface area (Å²) in [5.74, 6) is 0.547. The highest BCUT2D eigenvalue weighted by molar-refractivity contribution is 7.91. The Kier molecular flexibility index (Phi) is 3.57. The van der Waals surface area contributed by atoms with Crippen molar-refractivity contribution in [2.75, 3.05) is 18.1 Å². The Morgan fingerprint density at radius 1 is 1.45 bits per heavy atom. The second-order valence-corrected chi connectivity index (χ2v) is 8.36. The SMILES string of the molecule is Cc1c(Cl)ccc2c1CN(C1CCS(=O)(=O)C1)C2CN. The second-order valence-electron chi connectivity index (χ2n) is 5.72. The largest absolute Gasteiger partial charge is 0.329 e. The van der Waals surface area contributed by atoms with Crippen molar-refractivity contribution in [2.45, 2.75) is 32.0 Å². The minimum absolute atomic E-state index is 0.0825. The van der Waals surface area contributed by atoms with Crippen molar-refractivity contribution in [3.63, 3.8) is 0 Å². The van der Waals surface area contributed by atoms with E-state index in [9.17, 15) is 8.42 Å². The van der Waals surface area contributed by atoms with E-state index >= 15 is 0 Å². The number of nitrogens with two attached hydrogens (primary N) is 1. The standard InChI is InChI=1S/C14H19ClN2O2S/c1-9-12-7-17(10-4-5-20(18,19)8-10)14(6-16)11(12)2-3-13(9)15/h2-3,10,14H,4-8,16H2,1H3. The van der Waals surface area contributed by atoms with E-state index in [1.54, 1.807) is 0 Å². The molecule has 1 fully saturated rings. The number of halogens is 1. The molecule has 20 heavy (non-hydrogen) atoms. The van der Waals surface area contributed by atoms with Gasteiger partial charge in [0.1, 0.15) is 0 Å². The lowest BCUT2D eigenvalue weighted by atomic mass is 10.0. The lowest BCUT2D eigenvalue weighted by Crippen LogP contribution is -2.37. The molecule has 2 heterocycles. The van der Waals surface area contributed by atoms with Crippen LogP contribution in [0.4, 0.5) is 0 Å². The van der Waals surface area contributed by atoms with Crippen molar-refractivity contribution in [3.05, 3.63) is 33.8 Å². The minimum Gasteiger partial charge on any atom is -0.329 e. The van der Waals surface area contributed by atoms with Gasteiger partial charge in [0.2, 0.25) is 0 Å². The first kappa shape index (κ1) is 14.3. The summed E-state index contributed by atoms with van der Waals surface area (Å²) in [7, 11) is -2.88. The highest BCUT2D eigenvalue weighted by Gasteiger charge is 2.40. The number of hydrogen-bond donors (Lipinski definition) is 1. The van der Waals surface area contributed by atoms with Crippen LogP contribution < -0.4 is 5.73 Å². The molecule has 2 N–H and O–H groups in total. The maximum Gasteiger partial charge on any atom is 0.151 e. The maximum absolute atomic E-state index is 11.7. The number of rotatable bonds is 2. The summed E-state index contributed by atoms with van der Waals surface area (Å²) >= 11 is 6.19. The van der Waals surface area contributed by atoms with Gasteiger partial charge in [0.25, 0.3) is 0 Å².